The summed E-state index contributed by atoms with van der Waals surface area (Å²) in [4.78, 5) is 21.5. The normalized spacial score (nSPS) is 19.6. The summed E-state index contributed by atoms with van der Waals surface area (Å²) in [5.74, 6) is 0.179. The zero-order valence-corrected chi connectivity index (χ0v) is 11.1. The van der Waals surface area contributed by atoms with Gasteiger partial charge in [0, 0.05) is 18.6 Å². The standard InChI is InChI=1S/C14H15NO5/c1-2-19-14(16)9-12-7-8-13(20-12)10-3-5-11(6-4-10)15(17)18/h3-6,9,13H,2,7-8H2,1H3/b12-9+. The number of rotatable bonds is 4. The molecule has 20 heavy (non-hydrogen) atoms. The fraction of sp³-hybridized carbons (Fsp3) is 0.357. The summed E-state index contributed by atoms with van der Waals surface area (Å²) < 4.78 is 10.5. The van der Waals surface area contributed by atoms with Gasteiger partial charge in [0.1, 0.15) is 11.9 Å². The van der Waals surface area contributed by atoms with Crippen molar-refractivity contribution in [1.29, 1.82) is 0 Å². The van der Waals surface area contributed by atoms with Crippen molar-refractivity contribution in [1.82, 2.24) is 0 Å². The van der Waals surface area contributed by atoms with Crippen LogP contribution in [0.3, 0.4) is 0 Å². The minimum Gasteiger partial charge on any atom is -0.490 e. The highest BCUT2D eigenvalue weighted by Crippen LogP contribution is 2.35. The summed E-state index contributed by atoms with van der Waals surface area (Å²) in [7, 11) is 0. The molecule has 0 aromatic heterocycles. The molecule has 1 unspecified atom stereocenters. The molecule has 0 N–H and O–H groups in total. The monoisotopic (exact) mass is 277 g/mol. The molecule has 0 bridgehead atoms. The van der Waals surface area contributed by atoms with Gasteiger partial charge in [-0.05, 0) is 31.0 Å². The number of nitro groups is 1. The lowest BCUT2D eigenvalue weighted by atomic mass is 10.1. The number of ether oxygens (including phenoxy) is 2. The molecule has 1 heterocycles. The molecule has 1 fully saturated rings. The number of hydrogen-bond donors (Lipinski definition) is 0. The molecule has 0 spiro atoms. The molecular weight excluding hydrogens is 262 g/mol. The number of non-ortho nitro benzene ring substituents is 1. The van der Waals surface area contributed by atoms with Crippen molar-refractivity contribution < 1.29 is 19.2 Å². The average Bonchev–Trinajstić information content (AvgIpc) is 2.87. The van der Waals surface area contributed by atoms with Crippen LogP contribution in [-0.4, -0.2) is 17.5 Å². The Labute approximate surface area is 116 Å². The molecule has 1 aliphatic heterocycles. The molecule has 1 aliphatic rings. The van der Waals surface area contributed by atoms with Crippen LogP contribution in [0.5, 0.6) is 0 Å². The van der Waals surface area contributed by atoms with Crippen LogP contribution in [-0.2, 0) is 14.3 Å². The van der Waals surface area contributed by atoms with E-state index in [0.717, 1.165) is 12.0 Å². The number of nitrogens with zero attached hydrogens (tertiary/aromatic N) is 1. The van der Waals surface area contributed by atoms with Crippen molar-refractivity contribution in [3.63, 3.8) is 0 Å². The highest BCUT2D eigenvalue weighted by molar-refractivity contribution is 5.82. The molecule has 0 aliphatic carbocycles. The first-order valence-corrected chi connectivity index (χ1v) is 6.38. The summed E-state index contributed by atoms with van der Waals surface area (Å²) in [6.07, 6.45) is 2.58. The van der Waals surface area contributed by atoms with E-state index in [2.05, 4.69) is 0 Å². The highest BCUT2D eigenvalue weighted by Gasteiger charge is 2.23. The molecule has 1 atom stereocenters. The summed E-state index contributed by atoms with van der Waals surface area (Å²) in [5.41, 5.74) is 0.914. The summed E-state index contributed by atoms with van der Waals surface area (Å²) in [6.45, 7) is 2.07. The molecule has 0 amide bonds. The van der Waals surface area contributed by atoms with Crippen LogP contribution in [0.2, 0.25) is 0 Å². The number of nitro benzene ring substituents is 1. The number of esters is 1. The lowest BCUT2D eigenvalue weighted by molar-refractivity contribution is -0.384. The van der Waals surface area contributed by atoms with Gasteiger partial charge in [-0.2, -0.15) is 0 Å². The Kier molecular flexibility index (Phi) is 4.34. The maximum absolute atomic E-state index is 11.3. The van der Waals surface area contributed by atoms with Crippen molar-refractivity contribution in [2.75, 3.05) is 6.61 Å². The van der Waals surface area contributed by atoms with E-state index in [1.807, 2.05) is 0 Å². The zero-order chi connectivity index (χ0) is 14.5. The maximum atomic E-state index is 11.3. The largest absolute Gasteiger partial charge is 0.490 e. The van der Waals surface area contributed by atoms with E-state index in [-0.39, 0.29) is 11.8 Å². The Morgan fingerprint density at radius 1 is 1.50 bits per heavy atom. The molecule has 2 rings (SSSR count). The topological polar surface area (TPSA) is 78.7 Å². The Bertz CT molecular complexity index is 535. The zero-order valence-electron chi connectivity index (χ0n) is 11.1. The van der Waals surface area contributed by atoms with Gasteiger partial charge in [-0.25, -0.2) is 4.79 Å². The first kappa shape index (κ1) is 14.0. The SMILES string of the molecule is CCOC(=O)/C=C1\CCC(c2ccc([N+](=O)[O-])cc2)O1. The molecule has 6 heteroatoms. The fourth-order valence-electron chi connectivity index (χ4n) is 2.04. The second-order valence-electron chi connectivity index (χ2n) is 4.36. The van der Waals surface area contributed by atoms with Gasteiger partial charge in [0.05, 0.1) is 17.6 Å². The van der Waals surface area contributed by atoms with Gasteiger partial charge in [0.15, 0.2) is 0 Å². The quantitative estimate of drug-likeness (QED) is 0.366. The average molecular weight is 277 g/mol. The van der Waals surface area contributed by atoms with E-state index in [0.29, 0.717) is 18.8 Å². The van der Waals surface area contributed by atoms with Crippen molar-refractivity contribution in [2.24, 2.45) is 0 Å². The minimum atomic E-state index is -0.439. The lowest BCUT2D eigenvalue weighted by Gasteiger charge is -2.10. The number of carbonyl (C=O) groups is 1. The van der Waals surface area contributed by atoms with Gasteiger partial charge in [0.2, 0.25) is 0 Å². The van der Waals surface area contributed by atoms with Gasteiger partial charge in [-0.1, -0.05) is 0 Å². The lowest BCUT2D eigenvalue weighted by Crippen LogP contribution is -2.01. The second-order valence-corrected chi connectivity index (χ2v) is 4.36. The van der Waals surface area contributed by atoms with Crippen LogP contribution < -0.4 is 0 Å². The van der Waals surface area contributed by atoms with Gasteiger partial charge in [-0.3, -0.25) is 10.1 Å². The Balaban J connectivity index is 2.02. The van der Waals surface area contributed by atoms with Crippen molar-refractivity contribution in [2.45, 2.75) is 25.9 Å². The number of carbonyl (C=O) groups excluding carboxylic acids is 1. The minimum absolute atomic E-state index is 0.0500. The molecular formula is C14H15NO5. The van der Waals surface area contributed by atoms with Gasteiger partial charge < -0.3 is 9.47 Å². The highest BCUT2D eigenvalue weighted by atomic mass is 16.6. The fourth-order valence-corrected chi connectivity index (χ4v) is 2.04. The van der Waals surface area contributed by atoms with E-state index < -0.39 is 10.9 Å². The Morgan fingerprint density at radius 3 is 2.80 bits per heavy atom. The van der Waals surface area contributed by atoms with E-state index >= 15 is 0 Å². The third kappa shape index (κ3) is 3.34. The second kappa shape index (κ2) is 6.18. The first-order chi connectivity index (χ1) is 9.60. The van der Waals surface area contributed by atoms with E-state index in [9.17, 15) is 14.9 Å². The van der Waals surface area contributed by atoms with Crippen molar-refractivity contribution >= 4 is 11.7 Å². The van der Waals surface area contributed by atoms with E-state index in [1.165, 1.54) is 18.2 Å². The Morgan fingerprint density at radius 2 is 2.20 bits per heavy atom. The number of allylic oxidation sites excluding steroid dienone is 1. The van der Waals surface area contributed by atoms with Gasteiger partial charge in [-0.15, -0.1) is 0 Å². The number of hydrogen-bond acceptors (Lipinski definition) is 5. The van der Waals surface area contributed by atoms with E-state index in [4.69, 9.17) is 9.47 Å². The summed E-state index contributed by atoms with van der Waals surface area (Å²) in [6, 6.07) is 6.25. The maximum Gasteiger partial charge on any atom is 0.334 e. The Hall–Kier alpha value is -2.37. The predicted molar refractivity (Wildman–Crippen MR) is 70.9 cm³/mol. The molecule has 1 aromatic rings. The molecule has 6 nitrogen and oxygen atoms in total. The smallest absolute Gasteiger partial charge is 0.334 e. The predicted octanol–water partition coefficient (Wildman–Crippen LogP) is 2.89. The van der Waals surface area contributed by atoms with Crippen molar-refractivity contribution in [3.05, 3.63) is 51.8 Å². The molecule has 106 valence electrons. The van der Waals surface area contributed by atoms with Gasteiger partial charge in [0.25, 0.3) is 5.69 Å². The summed E-state index contributed by atoms with van der Waals surface area (Å²) >= 11 is 0. The van der Waals surface area contributed by atoms with Gasteiger partial charge >= 0.3 is 5.97 Å². The van der Waals surface area contributed by atoms with Crippen LogP contribution >= 0.6 is 0 Å². The van der Waals surface area contributed by atoms with Crippen molar-refractivity contribution in [3.8, 4) is 0 Å². The third-order valence-corrected chi connectivity index (χ3v) is 2.99. The van der Waals surface area contributed by atoms with Crippen LogP contribution in [0, 0.1) is 10.1 Å². The number of benzene rings is 1. The molecule has 0 saturated carbocycles. The first-order valence-electron chi connectivity index (χ1n) is 6.38. The van der Waals surface area contributed by atoms with Crippen LogP contribution in [0.1, 0.15) is 31.4 Å². The van der Waals surface area contributed by atoms with Crippen LogP contribution in [0.15, 0.2) is 36.1 Å². The molecule has 0 radical (unpaired) electrons. The van der Waals surface area contributed by atoms with Crippen LogP contribution in [0.4, 0.5) is 5.69 Å². The van der Waals surface area contributed by atoms with Crippen LogP contribution in [0.25, 0.3) is 0 Å². The third-order valence-electron chi connectivity index (χ3n) is 2.99. The van der Waals surface area contributed by atoms with E-state index in [1.54, 1.807) is 19.1 Å². The molecule has 1 aromatic carbocycles. The summed E-state index contributed by atoms with van der Waals surface area (Å²) in [5, 5.41) is 10.6. The molecule has 1 saturated heterocycles.